The molecule has 1 aliphatic heterocycles. The van der Waals surface area contributed by atoms with Crippen molar-refractivity contribution in [2.24, 2.45) is 5.92 Å². The number of rotatable bonds is 7. The average molecular weight is 269 g/mol. The first kappa shape index (κ1) is 16.9. The minimum Gasteiger partial charge on any atom is -0.312 e. The Labute approximate surface area is 120 Å². The van der Waals surface area contributed by atoms with Crippen molar-refractivity contribution in [2.45, 2.75) is 59.5 Å². The molecule has 0 bridgehead atoms. The molecule has 3 nitrogen and oxygen atoms in total. The second-order valence-electron chi connectivity index (χ2n) is 7.12. The normalized spacial score (nSPS) is 23.2. The number of nitrogens with one attached hydrogen (secondary N) is 1. The highest BCUT2D eigenvalue weighted by atomic mass is 15.2. The zero-order chi connectivity index (χ0) is 14.5. The van der Waals surface area contributed by atoms with Crippen LogP contribution in [-0.2, 0) is 0 Å². The summed E-state index contributed by atoms with van der Waals surface area (Å²) in [6, 6.07) is 0.694. The van der Waals surface area contributed by atoms with Gasteiger partial charge < -0.3 is 10.2 Å². The van der Waals surface area contributed by atoms with Gasteiger partial charge in [-0.05, 0) is 66.2 Å². The number of hydrogen-bond donors (Lipinski definition) is 1. The monoisotopic (exact) mass is 269 g/mol. The number of hydrogen-bond acceptors (Lipinski definition) is 3. The van der Waals surface area contributed by atoms with Crippen molar-refractivity contribution in [3.05, 3.63) is 0 Å². The molecular weight excluding hydrogens is 234 g/mol. The molecule has 0 aliphatic carbocycles. The molecule has 0 aromatic carbocycles. The molecular formula is C16H35N3. The Bertz CT molecular complexity index is 243. The predicted molar refractivity (Wildman–Crippen MR) is 84.7 cm³/mol. The lowest BCUT2D eigenvalue weighted by atomic mass is 10.1. The first-order valence-electron chi connectivity index (χ1n) is 8.07. The summed E-state index contributed by atoms with van der Waals surface area (Å²) in [5, 5.41) is 3.65. The first-order chi connectivity index (χ1) is 8.85. The van der Waals surface area contributed by atoms with Crippen LogP contribution in [0.25, 0.3) is 0 Å². The molecule has 114 valence electrons. The fourth-order valence-corrected chi connectivity index (χ4v) is 2.85. The van der Waals surface area contributed by atoms with Crippen LogP contribution in [0.3, 0.4) is 0 Å². The Morgan fingerprint density at radius 3 is 2.42 bits per heavy atom. The van der Waals surface area contributed by atoms with E-state index in [2.05, 4.69) is 56.7 Å². The van der Waals surface area contributed by atoms with E-state index in [0.717, 1.165) is 12.5 Å². The maximum absolute atomic E-state index is 3.65. The predicted octanol–water partition coefficient (Wildman–Crippen LogP) is 2.43. The molecule has 0 aromatic rings. The lowest BCUT2D eigenvalue weighted by Crippen LogP contribution is -2.42. The van der Waals surface area contributed by atoms with E-state index in [9.17, 15) is 0 Å². The Morgan fingerprint density at radius 1 is 1.26 bits per heavy atom. The van der Waals surface area contributed by atoms with Gasteiger partial charge in [-0.25, -0.2) is 0 Å². The second-order valence-corrected chi connectivity index (χ2v) is 7.12. The third-order valence-electron chi connectivity index (χ3n) is 4.28. The van der Waals surface area contributed by atoms with E-state index in [1.807, 2.05) is 0 Å². The highest BCUT2D eigenvalue weighted by Crippen LogP contribution is 2.19. The summed E-state index contributed by atoms with van der Waals surface area (Å²) in [5.41, 5.74) is 0.250. The van der Waals surface area contributed by atoms with Crippen molar-refractivity contribution >= 4 is 0 Å². The molecule has 3 heteroatoms. The van der Waals surface area contributed by atoms with E-state index in [0.29, 0.717) is 6.04 Å². The molecule has 1 aliphatic rings. The zero-order valence-electron chi connectivity index (χ0n) is 14.0. The average Bonchev–Trinajstić information content (AvgIpc) is 2.81. The molecule has 2 unspecified atom stereocenters. The highest BCUT2D eigenvalue weighted by Gasteiger charge is 2.27. The van der Waals surface area contributed by atoms with Gasteiger partial charge in [0.05, 0.1) is 0 Å². The molecule has 0 aromatic heterocycles. The summed E-state index contributed by atoms with van der Waals surface area (Å²) < 4.78 is 0. The molecule has 1 heterocycles. The molecule has 0 radical (unpaired) electrons. The van der Waals surface area contributed by atoms with E-state index in [1.165, 1.54) is 39.1 Å². The molecule has 19 heavy (non-hydrogen) atoms. The van der Waals surface area contributed by atoms with Crippen LogP contribution in [0, 0.1) is 5.92 Å². The lowest BCUT2D eigenvalue weighted by Gasteiger charge is -2.30. The first-order valence-corrected chi connectivity index (χ1v) is 8.07. The van der Waals surface area contributed by atoms with Crippen LogP contribution in [0.5, 0.6) is 0 Å². The van der Waals surface area contributed by atoms with Crippen molar-refractivity contribution in [3.8, 4) is 0 Å². The molecule has 0 spiro atoms. The third kappa shape index (κ3) is 6.24. The Balaban J connectivity index is 2.30. The fraction of sp³-hybridized carbons (Fsp3) is 1.00. The van der Waals surface area contributed by atoms with Gasteiger partial charge in [-0.3, -0.25) is 4.90 Å². The Kier molecular flexibility index (Phi) is 6.78. The molecule has 0 saturated carbocycles. The fourth-order valence-electron chi connectivity index (χ4n) is 2.85. The van der Waals surface area contributed by atoms with Crippen LogP contribution in [0.1, 0.15) is 48.0 Å². The lowest BCUT2D eigenvalue weighted by molar-refractivity contribution is 0.176. The van der Waals surface area contributed by atoms with Crippen LogP contribution in [0.4, 0.5) is 0 Å². The van der Waals surface area contributed by atoms with Gasteiger partial charge in [-0.15, -0.1) is 0 Å². The van der Waals surface area contributed by atoms with E-state index in [1.54, 1.807) is 0 Å². The van der Waals surface area contributed by atoms with Gasteiger partial charge in [0.15, 0.2) is 0 Å². The van der Waals surface area contributed by atoms with E-state index in [4.69, 9.17) is 0 Å². The summed E-state index contributed by atoms with van der Waals surface area (Å²) >= 11 is 0. The third-order valence-corrected chi connectivity index (χ3v) is 4.28. The standard InChI is InChI=1S/C16H35N3/c1-7-18(8-2)12-14(3)19-10-9-15(13-19)11-17-16(4,5)6/h14-15,17H,7-13H2,1-6H3. The Morgan fingerprint density at radius 2 is 1.89 bits per heavy atom. The number of nitrogens with zero attached hydrogens (tertiary/aromatic N) is 2. The van der Waals surface area contributed by atoms with Gasteiger partial charge in [-0.1, -0.05) is 13.8 Å². The largest absolute Gasteiger partial charge is 0.312 e. The minimum absolute atomic E-state index is 0.250. The molecule has 2 atom stereocenters. The summed E-state index contributed by atoms with van der Waals surface area (Å²) in [6.45, 7) is 20.9. The quantitative estimate of drug-likeness (QED) is 0.766. The molecule has 1 N–H and O–H groups in total. The van der Waals surface area contributed by atoms with E-state index in [-0.39, 0.29) is 5.54 Å². The van der Waals surface area contributed by atoms with Gasteiger partial charge >= 0.3 is 0 Å². The maximum Gasteiger partial charge on any atom is 0.0195 e. The van der Waals surface area contributed by atoms with Crippen molar-refractivity contribution < 1.29 is 0 Å². The molecule has 0 amide bonds. The minimum atomic E-state index is 0.250. The topological polar surface area (TPSA) is 18.5 Å². The van der Waals surface area contributed by atoms with Gasteiger partial charge in [0.25, 0.3) is 0 Å². The second kappa shape index (κ2) is 7.61. The van der Waals surface area contributed by atoms with Gasteiger partial charge in [0.2, 0.25) is 0 Å². The van der Waals surface area contributed by atoms with Crippen molar-refractivity contribution in [3.63, 3.8) is 0 Å². The van der Waals surface area contributed by atoms with Crippen LogP contribution in [0.2, 0.25) is 0 Å². The summed E-state index contributed by atoms with van der Waals surface area (Å²) in [7, 11) is 0. The summed E-state index contributed by atoms with van der Waals surface area (Å²) in [4.78, 5) is 5.21. The van der Waals surface area contributed by atoms with E-state index < -0.39 is 0 Å². The van der Waals surface area contributed by atoms with E-state index >= 15 is 0 Å². The van der Waals surface area contributed by atoms with Gasteiger partial charge in [-0.2, -0.15) is 0 Å². The number of likely N-dealkylation sites (tertiary alicyclic amines) is 1. The smallest absolute Gasteiger partial charge is 0.0195 e. The van der Waals surface area contributed by atoms with Crippen molar-refractivity contribution in [1.82, 2.24) is 15.1 Å². The summed E-state index contributed by atoms with van der Waals surface area (Å²) in [6.07, 6.45) is 1.35. The van der Waals surface area contributed by atoms with Crippen LogP contribution in [-0.4, -0.2) is 60.6 Å². The maximum atomic E-state index is 3.65. The number of likely N-dealkylation sites (N-methyl/N-ethyl adjacent to an activating group) is 1. The van der Waals surface area contributed by atoms with Gasteiger partial charge in [0.1, 0.15) is 0 Å². The van der Waals surface area contributed by atoms with Crippen molar-refractivity contribution in [1.29, 1.82) is 0 Å². The van der Waals surface area contributed by atoms with Crippen LogP contribution >= 0.6 is 0 Å². The molecule has 1 rings (SSSR count). The van der Waals surface area contributed by atoms with Gasteiger partial charge in [0, 0.05) is 24.7 Å². The zero-order valence-corrected chi connectivity index (χ0v) is 14.0. The van der Waals surface area contributed by atoms with Crippen LogP contribution in [0.15, 0.2) is 0 Å². The van der Waals surface area contributed by atoms with Crippen LogP contribution < -0.4 is 5.32 Å². The Hall–Kier alpha value is -0.120. The highest BCUT2D eigenvalue weighted by molar-refractivity contribution is 4.83. The molecule has 1 fully saturated rings. The SMILES string of the molecule is CCN(CC)CC(C)N1CCC(CNC(C)(C)C)C1. The molecule has 1 saturated heterocycles. The summed E-state index contributed by atoms with van der Waals surface area (Å²) in [5.74, 6) is 0.832. The van der Waals surface area contributed by atoms with Crippen molar-refractivity contribution in [2.75, 3.05) is 39.3 Å².